The number of carbonyl (C=O) groups excluding carboxylic acids is 2. The summed E-state index contributed by atoms with van der Waals surface area (Å²) in [5.74, 6) is -1.09. The molecule has 1 amide bonds. The topological polar surface area (TPSA) is 95.0 Å². The van der Waals surface area contributed by atoms with Gasteiger partial charge >= 0.3 is 5.97 Å². The van der Waals surface area contributed by atoms with Crippen molar-refractivity contribution in [2.75, 3.05) is 5.32 Å². The number of esters is 1. The van der Waals surface area contributed by atoms with Gasteiger partial charge in [0, 0.05) is 17.1 Å². The maximum Gasteiger partial charge on any atom is 0.341 e. The first-order chi connectivity index (χ1) is 12.1. The Balaban J connectivity index is 1.71. The van der Waals surface area contributed by atoms with Gasteiger partial charge in [-0.05, 0) is 25.1 Å². The van der Waals surface area contributed by atoms with Crippen molar-refractivity contribution in [3.63, 3.8) is 0 Å². The standard InChI is InChI=1S/C19H15N3O3/c1-12(18(23)22-16-8-4-2-6-13(16)10-20)25-19(24)15-11-21-17-9-5-3-7-14(15)17/h2-9,11-12,21H,1H3,(H,22,23). The predicted octanol–water partition coefficient (Wildman–Crippen LogP) is 3.22. The highest BCUT2D eigenvalue weighted by Crippen LogP contribution is 2.19. The van der Waals surface area contributed by atoms with Crippen LogP contribution < -0.4 is 5.32 Å². The van der Waals surface area contributed by atoms with E-state index in [1.807, 2.05) is 24.3 Å². The number of fused-ring (bicyclic) bond motifs is 1. The summed E-state index contributed by atoms with van der Waals surface area (Å²) >= 11 is 0. The van der Waals surface area contributed by atoms with E-state index in [9.17, 15) is 9.59 Å². The highest BCUT2D eigenvalue weighted by atomic mass is 16.5. The lowest BCUT2D eigenvalue weighted by Crippen LogP contribution is -2.30. The number of amides is 1. The molecule has 0 aliphatic rings. The van der Waals surface area contributed by atoms with Crippen molar-refractivity contribution in [2.24, 2.45) is 0 Å². The van der Waals surface area contributed by atoms with Gasteiger partial charge in [0.05, 0.1) is 16.8 Å². The van der Waals surface area contributed by atoms with Gasteiger partial charge in [0.2, 0.25) is 0 Å². The Bertz CT molecular complexity index is 985. The molecule has 2 aromatic carbocycles. The molecule has 3 rings (SSSR count). The molecule has 6 nitrogen and oxygen atoms in total. The van der Waals surface area contributed by atoms with Crippen LogP contribution in [-0.2, 0) is 9.53 Å². The van der Waals surface area contributed by atoms with Gasteiger partial charge in [-0.1, -0.05) is 30.3 Å². The molecule has 0 aliphatic carbocycles. The van der Waals surface area contributed by atoms with Crippen molar-refractivity contribution < 1.29 is 14.3 Å². The van der Waals surface area contributed by atoms with Crippen LogP contribution in [0.1, 0.15) is 22.8 Å². The normalized spacial score (nSPS) is 11.5. The second-order valence-electron chi connectivity index (χ2n) is 5.44. The van der Waals surface area contributed by atoms with E-state index in [0.717, 1.165) is 10.9 Å². The molecule has 0 aliphatic heterocycles. The molecule has 0 saturated heterocycles. The Hall–Kier alpha value is -3.59. The van der Waals surface area contributed by atoms with Crippen LogP contribution in [0.3, 0.4) is 0 Å². The molecule has 6 heteroatoms. The fraction of sp³-hybridized carbons (Fsp3) is 0.105. The van der Waals surface area contributed by atoms with E-state index in [4.69, 9.17) is 10.00 Å². The minimum atomic E-state index is -1.01. The molecule has 124 valence electrons. The van der Waals surface area contributed by atoms with Crippen LogP contribution in [0.4, 0.5) is 5.69 Å². The van der Waals surface area contributed by atoms with Crippen LogP contribution in [0.25, 0.3) is 10.9 Å². The van der Waals surface area contributed by atoms with Crippen molar-refractivity contribution in [3.8, 4) is 6.07 Å². The average Bonchev–Trinajstić information content (AvgIpc) is 3.06. The molecule has 0 saturated carbocycles. The Labute approximate surface area is 144 Å². The number of anilines is 1. The quantitative estimate of drug-likeness (QED) is 0.717. The minimum Gasteiger partial charge on any atom is -0.449 e. The molecular weight excluding hydrogens is 318 g/mol. The largest absolute Gasteiger partial charge is 0.449 e. The number of hydrogen-bond acceptors (Lipinski definition) is 4. The van der Waals surface area contributed by atoms with Gasteiger partial charge < -0.3 is 15.0 Å². The van der Waals surface area contributed by atoms with Crippen molar-refractivity contribution in [3.05, 3.63) is 65.9 Å². The molecule has 0 bridgehead atoms. The fourth-order valence-corrected chi connectivity index (χ4v) is 2.44. The van der Waals surface area contributed by atoms with Gasteiger partial charge in [0.15, 0.2) is 6.10 Å². The smallest absolute Gasteiger partial charge is 0.341 e. The number of ether oxygens (including phenoxy) is 1. The van der Waals surface area contributed by atoms with Crippen molar-refractivity contribution >= 4 is 28.5 Å². The number of hydrogen-bond donors (Lipinski definition) is 2. The van der Waals surface area contributed by atoms with Crippen LogP contribution in [0, 0.1) is 11.3 Å². The van der Waals surface area contributed by atoms with Crippen LogP contribution in [0.15, 0.2) is 54.7 Å². The first-order valence-electron chi connectivity index (χ1n) is 7.67. The van der Waals surface area contributed by atoms with Crippen LogP contribution >= 0.6 is 0 Å². The molecule has 25 heavy (non-hydrogen) atoms. The van der Waals surface area contributed by atoms with E-state index >= 15 is 0 Å². The molecule has 1 aromatic heterocycles. The third-order valence-electron chi connectivity index (χ3n) is 3.77. The SMILES string of the molecule is CC(OC(=O)c1c[nH]c2ccccc12)C(=O)Nc1ccccc1C#N. The van der Waals surface area contributed by atoms with E-state index < -0.39 is 18.0 Å². The highest BCUT2D eigenvalue weighted by molar-refractivity contribution is 6.05. The summed E-state index contributed by atoms with van der Waals surface area (Å²) in [5.41, 5.74) is 1.90. The molecule has 3 aromatic rings. The van der Waals surface area contributed by atoms with E-state index in [1.165, 1.54) is 6.92 Å². The molecule has 1 heterocycles. The third kappa shape index (κ3) is 3.35. The second kappa shape index (κ2) is 6.89. The third-order valence-corrected chi connectivity index (χ3v) is 3.77. The van der Waals surface area contributed by atoms with Gasteiger partial charge in [0.1, 0.15) is 6.07 Å². The zero-order valence-electron chi connectivity index (χ0n) is 13.4. The van der Waals surface area contributed by atoms with Gasteiger partial charge in [-0.2, -0.15) is 5.26 Å². The number of para-hydroxylation sites is 2. The lowest BCUT2D eigenvalue weighted by atomic mass is 10.2. The van der Waals surface area contributed by atoms with Gasteiger partial charge in [-0.15, -0.1) is 0 Å². The maximum atomic E-state index is 12.3. The van der Waals surface area contributed by atoms with Crippen LogP contribution in [0.2, 0.25) is 0 Å². The monoisotopic (exact) mass is 333 g/mol. The lowest BCUT2D eigenvalue weighted by Gasteiger charge is -2.14. The molecule has 0 spiro atoms. The second-order valence-corrected chi connectivity index (χ2v) is 5.44. The summed E-state index contributed by atoms with van der Waals surface area (Å²) in [5, 5.41) is 12.4. The fourth-order valence-electron chi connectivity index (χ4n) is 2.44. The highest BCUT2D eigenvalue weighted by Gasteiger charge is 2.21. The number of nitriles is 1. The number of aromatic amines is 1. The number of nitrogens with zero attached hydrogens (tertiary/aromatic N) is 1. The first kappa shape index (κ1) is 16.3. The van der Waals surface area contributed by atoms with Crippen LogP contribution in [-0.4, -0.2) is 23.0 Å². The molecule has 0 fully saturated rings. The number of H-pyrrole nitrogens is 1. The Morgan fingerprint density at radius 3 is 2.68 bits per heavy atom. The summed E-state index contributed by atoms with van der Waals surface area (Å²) in [6, 6.07) is 15.9. The summed E-state index contributed by atoms with van der Waals surface area (Å²) in [4.78, 5) is 27.6. The number of benzene rings is 2. The average molecular weight is 333 g/mol. The van der Waals surface area contributed by atoms with E-state index in [1.54, 1.807) is 36.5 Å². The zero-order valence-corrected chi connectivity index (χ0v) is 13.4. The molecule has 1 atom stereocenters. The summed E-state index contributed by atoms with van der Waals surface area (Å²) in [6.07, 6.45) is 0.552. The van der Waals surface area contributed by atoms with E-state index in [2.05, 4.69) is 10.3 Å². The van der Waals surface area contributed by atoms with Gasteiger partial charge in [0.25, 0.3) is 5.91 Å². The van der Waals surface area contributed by atoms with Crippen molar-refractivity contribution in [1.29, 1.82) is 5.26 Å². The van der Waals surface area contributed by atoms with E-state index in [0.29, 0.717) is 16.8 Å². The van der Waals surface area contributed by atoms with Crippen LogP contribution in [0.5, 0.6) is 0 Å². The first-order valence-corrected chi connectivity index (χ1v) is 7.67. The molecule has 0 radical (unpaired) electrons. The molecule has 1 unspecified atom stereocenters. The van der Waals surface area contributed by atoms with Gasteiger partial charge in [-0.25, -0.2) is 4.79 Å². The maximum absolute atomic E-state index is 12.3. The molecule has 2 N–H and O–H groups in total. The van der Waals surface area contributed by atoms with E-state index in [-0.39, 0.29) is 0 Å². The summed E-state index contributed by atoms with van der Waals surface area (Å²) in [6.45, 7) is 1.48. The number of aromatic nitrogens is 1. The van der Waals surface area contributed by atoms with Crippen molar-refractivity contribution in [1.82, 2.24) is 4.98 Å². The van der Waals surface area contributed by atoms with Crippen molar-refractivity contribution in [2.45, 2.75) is 13.0 Å². The Morgan fingerprint density at radius 1 is 1.16 bits per heavy atom. The summed E-state index contributed by atoms with van der Waals surface area (Å²) in [7, 11) is 0. The number of rotatable bonds is 4. The molecular formula is C19H15N3O3. The predicted molar refractivity (Wildman–Crippen MR) is 93.0 cm³/mol. The zero-order chi connectivity index (χ0) is 17.8. The lowest BCUT2D eigenvalue weighted by molar-refractivity contribution is -0.123. The Morgan fingerprint density at radius 2 is 1.88 bits per heavy atom. The minimum absolute atomic E-state index is 0.339. The summed E-state index contributed by atoms with van der Waals surface area (Å²) < 4.78 is 5.26. The Kier molecular flexibility index (Phi) is 4.48. The number of nitrogens with one attached hydrogen (secondary N) is 2. The number of carbonyl (C=O) groups is 2. The van der Waals surface area contributed by atoms with Gasteiger partial charge in [-0.3, -0.25) is 4.79 Å².